The van der Waals surface area contributed by atoms with E-state index in [-0.39, 0.29) is 11.9 Å². The molecule has 0 aromatic heterocycles. The monoisotopic (exact) mass is 226 g/mol. The lowest BCUT2D eigenvalue weighted by Gasteiger charge is -2.17. The van der Waals surface area contributed by atoms with Gasteiger partial charge in [0, 0.05) is 13.0 Å². The summed E-state index contributed by atoms with van der Waals surface area (Å²) in [4.78, 5) is 12.0. The number of hydrogen-bond acceptors (Lipinski definition) is 3. The molecule has 0 bridgehead atoms. The molecule has 0 radical (unpaired) electrons. The zero-order valence-electron chi connectivity index (χ0n) is 9.95. The minimum atomic E-state index is 0.0869. The summed E-state index contributed by atoms with van der Waals surface area (Å²) in [5, 5.41) is 3.07. The number of hydrogen-bond donors (Lipinski definition) is 2. The zero-order valence-corrected chi connectivity index (χ0v) is 9.95. The van der Waals surface area contributed by atoms with Crippen LogP contribution < -0.4 is 11.1 Å². The number of rotatable bonds is 6. The lowest BCUT2D eigenvalue weighted by Crippen LogP contribution is -2.40. The van der Waals surface area contributed by atoms with Crippen LogP contribution in [0.4, 0.5) is 0 Å². The fourth-order valence-electron chi connectivity index (χ4n) is 3.11. The van der Waals surface area contributed by atoms with E-state index in [0.717, 1.165) is 6.42 Å². The highest BCUT2D eigenvalue weighted by Crippen LogP contribution is 2.57. The predicted molar refractivity (Wildman–Crippen MR) is 61.8 cm³/mol. The second-order valence-corrected chi connectivity index (χ2v) is 5.02. The molecule has 3 N–H and O–H groups in total. The molecule has 2 saturated carbocycles. The highest BCUT2D eigenvalue weighted by atomic mass is 16.5. The van der Waals surface area contributed by atoms with Crippen LogP contribution in [-0.4, -0.2) is 32.2 Å². The SMILES string of the molecule is COCC(CCN)NC(=O)C1C2CCCC21. The number of fused-ring (bicyclic) bond motifs is 1. The molecule has 4 nitrogen and oxygen atoms in total. The lowest BCUT2D eigenvalue weighted by molar-refractivity contribution is -0.124. The number of ether oxygens (including phenoxy) is 1. The number of carbonyl (C=O) groups excluding carboxylic acids is 1. The van der Waals surface area contributed by atoms with Crippen molar-refractivity contribution in [2.24, 2.45) is 23.5 Å². The van der Waals surface area contributed by atoms with Crippen molar-refractivity contribution in [2.45, 2.75) is 31.7 Å². The van der Waals surface area contributed by atoms with Crippen molar-refractivity contribution in [1.29, 1.82) is 0 Å². The molecule has 3 atom stereocenters. The number of nitrogens with two attached hydrogens (primary N) is 1. The fraction of sp³-hybridized carbons (Fsp3) is 0.917. The normalized spacial score (nSPS) is 33.2. The van der Waals surface area contributed by atoms with E-state index >= 15 is 0 Å². The molecule has 0 aliphatic heterocycles. The smallest absolute Gasteiger partial charge is 0.223 e. The van der Waals surface area contributed by atoms with Gasteiger partial charge in [0.05, 0.1) is 12.6 Å². The number of amides is 1. The number of nitrogens with one attached hydrogen (secondary N) is 1. The van der Waals surface area contributed by atoms with Gasteiger partial charge in [-0.25, -0.2) is 0 Å². The van der Waals surface area contributed by atoms with Crippen LogP contribution in [-0.2, 0) is 9.53 Å². The van der Waals surface area contributed by atoms with Crippen molar-refractivity contribution in [3.63, 3.8) is 0 Å². The molecule has 0 saturated heterocycles. The standard InChI is InChI=1S/C12H22N2O2/c1-16-7-8(5-6-13)14-12(15)11-9-3-2-4-10(9)11/h8-11H,2-7,13H2,1H3,(H,14,15). The first kappa shape index (κ1) is 11.9. The van der Waals surface area contributed by atoms with E-state index in [1.54, 1.807) is 7.11 Å². The Kier molecular flexibility index (Phi) is 3.82. The maximum atomic E-state index is 12.0. The van der Waals surface area contributed by atoms with E-state index in [9.17, 15) is 4.79 Å². The van der Waals surface area contributed by atoms with E-state index in [1.807, 2.05) is 0 Å². The molecule has 0 heterocycles. The molecule has 0 aromatic carbocycles. The van der Waals surface area contributed by atoms with Gasteiger partial charge in [-0.1, -0.05) is 6.42 Å². The average Bonchev–Trinajstić information content (AvgIpc) is 2.74. The van der Waals surface area contributed by atoms with Crippen molar-refractivity contribution < 1.29 is 9.53 Å². The molecule has 0 aromatic rings. The molecule has 3 unspecified atom stereocenters. The third-order valence-electron chi connectivity index (χ3n) is 3.94. The molecule has 2 aliphatic carbocycles. The van der Waals surface area contributed by atoms with E-state index in [2.05, 4.69) is 5.32 Å². The Morgan fingerprint density at radius 2 is 2.19 bits per heavy atom. The van der Waals surface area contributed by atoms with Gasteiger partial charge in [-0.3, -0.25) is 4.79 Å². The largest absolute Gasteiger partial charge is 0.383 e. The number of carbonyl (C=O) groups is 1. The predicted octanol–water partition coefficient (Wildman–Crippen LogP) is 0.513. The molecule has 0 spiro atoms. The van der Waals surface area contributed by atoms with Crippen LogP contribution in [0.25, 0.3) is 0 Å². The van der Waals surface area contributed by atoms with Gasteiger partial charge in [0.1, 0.15) is 0 Å². The van der Waals surface area contributed by atoms with Gasteiger partial charge in [0.2, 0.25) is 5.91 Å². The van der Waals surface area contributed by atoms with Gasteiger partial charge in [-0.2, -0.15) is 0 Å². The van der Waals surface area contributed by atoms with Gasteiger partial charge in [0.15, 0.2) is 0 Å². The summed E-state index contributed by atoms with van der Waals surface area (Å²) >= 11 is 0. The second-order valence-electron chi connectivity index (χ2n) is 5.02. The topological polar surface area (TPSA) is 64.3 Å². The van der Waals surface area contributed by atoms with E-state index in [1.165, 1.54) is 19.3 Å². The fourth-order valence-corrected chi connectivity index (χ4v) is 3.11. The number of methoxy groups -OCH3 is 1. The molecule has 16 heavy (non-hydrogen) atoms. The van der Waals surface area contributed by atoms with Crippen LogP contribution in [0.5, 0.6) is 0 Å². The minimum Gasteiger partial charge on any atom is -0.383 e. The van der Waals surface area contributed by atoms with E-state index < -0.39 is 0 Å². The van der Waals surface area contributed by atoms with E-state index in [4.69, 9.17) is 10.5 Å². The highest BCUT2D eigenvalue weighted by Gasteiger charge is 2.56. The van der Waals surface area contributed by atoms with Gasteiger partial charge in [-0.05, 0) is 37.6 Å². The van der Waals surface area contributed by atoms with Crippen LogP contribution in [0.3, 0.4) is 0 Å². The summed E-state index contributed by atoms with van der Waals surface area (Å²) in [5.41, 5.74) is 5.51. The van der Waals surface area contributed by atoms with Crippen LogP contribution in [0.1, 0.15) is 25.7 Å². The Labute approximate surface area is 96.9 Å². The van der Waals surface area contributed by atoms with Crippen molar-refractivity contribution in [3.05, 3.63) is 0 Å². The van der Waals surface area contributed by atoms with E-state index in [0.29, 0.717) is 30.9 Å². The van der Waals surface area contributed by atoms with Gasteiger partial charge in [0.25, 0.3) is 0 Å². The summed E-state index contributed by atoms with van der Waals surface area (Å²) in [6.07, 6.45) is 4.59. The molecule has 1 amide bonds. The van der Waals surface area contributed by atoms with Crippen LogP contribution in [0, 0.1) is 17.8 Å². The van der Waals surface area contributed by atoms with Gasteiger partial charge < -0.3 is 15.8 Å². The summed E-state index contributed by atoms with van der Waals surface area (Å²) in [6.45, 7) is 1.15. The van der Waals surface area contributed by atoms with Gasteiger partial charge in [-0.15, -0.1) is 0 Å². The summed E-state index contributed by atoms with van der Waals surface area (Å²) in [7, 11) is 1.65. The molecular weight excluding hydrogens is 204 g/mol. The minimum absolute atomic E-state index is 0.0869. The van der Waals surface area contributed by atoms with Crippen molar-refractivity contribution in [1.82, 2.24) is 5.32 Å². The second kappa shape index (κ2) is 5.15. The summed E-state index contributed by atoms with van der Waals surface area (Å²) in [6, 6.07) is 0.0869. The summed E-state index contributed by atoms with van der Waals surface area (Å²) in [5.74, 6) is 1.89. The molecule has 92 valence electrons. The van der Waals surface area contributed by atoms with Crippen LogP contribution in [0.15, 0.2) is 0 Å². The maximum Gasteiger partial charge on any atom is 0.223 e. The third-order valence-corrected chi connectivity index (χ3v) is 3.94. The Bertz CT molecular complexity index is 241. The van der Waals surface area contributed by atoms with Crippen molar-refractivity contribution in [3.8, 4) is 0 Å². The Morgan fingerprint density at radius 1 is 1.50 bits per heavy atom. The summed E-state index contributed by atoms with van der Waals surface area (Å²) < 4.78 is 5.08. The first-order chi connectivity index (χ1) is 7.77. The Hall–Kier alpha value is -0.610. The molecule has 2 fully saturated rings. The quantitative estimate of drug-likeness (QED) is 0.693. The van der Waals surface area contributed by atoms with Crippen LogP contribution in [0.2, 0.25) is 0 Å². The van der Waals surface area contributed by atoms with Crippen molar-refractivity contribution >= 4 is 5.91 Å². The van der Waals surface area contributed by atoms with Crippen LogP contribution >= 0.6 is 0 Å². The molecule has 2 aliphatic rings. The first-order valence-corrected chi connectivity index (χ1v) is 6.27. The van der Waals surface area contributed by atoms with Crippen molar-refractivity contribution in [2.75, 3.05) is 20.3 Å². The third kappa shape index (κ3) is 2.38. The lowest BCUT2D eigenvalue weighted by atomic mass is 10.1. The zero-order chi connectivity index (χ0) is 11.5. The molecule has 2 rings (SSSR count). The maximum absolute atomic E-state index is 12.0. The Morgan fingerprint density at radius 3 is 2.75 bits per heavy atom. The highest BCUT2D eigenvalue weighted by molar-refractivity contribution is 5.82. The first-order valence-electron chi connectivity index (χ1n) is 6.27. The molecular formula is C12H22N2O2. The molecule has 4 heteroatoms. The average molecular weight is 226 g/mol. The Balaban J connectivity index is 1.77. The van der Waals surface area contributed by atoms with Gasteiger partial charge >= 0.3 is 0 Å².